The Morgan fingerprint density at radius 1 is 1.07 bits per heavy atom. The van der Waals surface area contributed by atoms with Crippen LogP contribution < -0.4 is 5.32 Å². The van der Waals surface area contributed by atoms with Gasteiger partial charge in [0.15, 0.2) is 0 Å². The van der Waals surface area contributed by atoms with Crippen molar-refractivity contribution in [2.45, 2.75) is 6.92 Å². The zero-order valence-electron chi connectivity index (χ0n) is 8.99. The van der Waals surface area contributed by atoms with Crippen LogP contribution in [0.4, 0.5) is 5.69 Å². The van der Waals surface area contributed by atoms with Gasteiger partial charge in [-0.05, 0) is 24.6 Å². The van der Waals surface area contributed by atoms with Crippen LogP contribution in [0.5, 0.6) is 0 Å². The third-order valence-electron chi connectivity index (χ3n) is 2.47. The monoisotopic (exact) mass is 198 g/mol. The fourth-order valence-electron chi connectivity index (χ4n) is 1.56. The molecule has 0 fully saturated rings. The quantitative estimate of drug-likeness (QED) is 0.802. The summed E-state index contributed by atoms with van der Waals surface area (Å²) in [7, 11) is 1.89. The lowest BCUT2D eigenvalue weighted by atomic mass is 10.1. The predicted octanol–water partition coefficient (Wildman–Crippen LogP) is 3.10. The number of nitrogens with zero attached hydrogens (tertiary/aromatic N) is 1. The minimum absolute atomic E-state index is 1.02. The molecule has 76 valence electrons. The van der Waals surface area contributed by atoms with Crippen LogP contribution in [0.15, 0.2) is 42.6 Å². The van der Waals surface area contributed by atoms with Crippen molar-refractivity contribution in [3.05, 3.63) is 48.2 Å². The number of aryl methyl sites for hydroxylation is 1. The first-order valence-corrected chi connectivity index (χ1v) is 5.01. The first-order valence-electron chi connectivity index (χ1n) is 5.01. The molecule has 1 heterocycles. The number of aromatic nitrogens is 1. The highest BCUT2D eigenvalue weighted by Crippen LogP contribution is 2.21. The molecule has 2 rings (SSSR count). The van der Waals surface area contributed by atoms with Crippen LogP contribution in [0.2, 0.25) is 0 Å². The van der Waals surface area contributed by atoms with Crippen LogP contribution in [0, 0.1) is 6.92 Å². The third kappa shape index (κ3) is 1.99. The Hall–Kier alpha value is -1.83. The fraction of sp³-hybridized carbons (Fsp3) is 0.154. The smallest absolute Gasteiger partial charge is 0.0706 e. The lowest BCUT2D eigenvalue weighted by molar-refractivity contribution is 1.29. The van der Waals surface area contributed by atoms with Crippen LogP contribution in [0.3, 0.4) is 0 Å². The lowest BCUT2D eigenvalue weighted by Gasteiger charge is -2.05. The molecule has 1 N–H and O–H groups in total. The Balaban J connectivity index is 2.42. The van der Waals surface area contributed by atoms with Crippen LogP contribution in [0.25, 0.3) is 11.3 Å². The molecular weight excluding hydrogens is 184 g/mol. The molecule has 0 radical (unpaired) electrons. The maximum atomic E-state index is 4.42. The highest BCUT2D eigenvalue weighted by atomic mass is 14.8. The van der Waals surface area contributed by atoms with Crippen molar-refractivity contribution in [3.63, 3.8) is 0 Å². The third-order valence-corrected chi connectivity index (χ3v) is 2.47. The molecule has 1 aromatic carbocycles. The molecule has 0 atom stereocenters. The van der Waals surface area contributed by atoms with Crippen molar-refractivity contribution < 1.29 is 0 Å². The first kappa shape index (κ1) is 9.71. The van der Waals surface area contributed by atoms with E-state index in [1.54, 1.807) is 0 Å². The molecule has 1 aromatic heterocycles. The fourth-order valence-corrected chi connectivity index (χ4v) is 1.56. The van der Waals surface area contributed by atoms with E-state index < -0.39 is 0 Å². The van der Waals surface area contributed by atoms with Gasteiger partial charge in [0.05, 0.1) is 17.6 Å². The number of hydrogen-bond donors (Lipinski definition) is 1. The van der Waals surface area contributed by atoms with Crippen LogP contribution >= 0.6 is 0 Å². The SMILES string of the molecule is CNc1ccc(-c2ccccc2C)nc1. The molecule has 0 spiro atoms. The summed E-state index contributed by atoms with van der Waals surface area (Å²) in [6.45, 7) is 2.10. The van der Waals surface area contributed by atoms with Crippen LogP contribution in [-0.4, -0.2) is 12.0 Å². The van der Waals surface area contributed by atoms with Gasteiger partial charge < -0.3 is 5.32 Å². The Morgan fingerprint density at radius 3 is 2.47 bits per heavy atom. The number of nitrogens with one attached hydrogen (secondary N) is 1. The van der Waals surface area contributed by atoms with Gasteiger partial charge in [-0.15, -0.1) is 0 Å². The number of hydrogen-bond acceptors (Lipinski definition) is 2. The Morgan fingerprint density at radius 2 is 1.87 bits per heavy atom. The van der Waals surface area contributed by atoms with Gasteiger partial charge in [-0.25, -0.2) is 0 Å². The van der Waals surface area contributed by atoms with Gasteiger partial charge in [0.2, 0.25) is 0 Å². The molecule has 15 heavy (non-hydrogen) atoms. The molecular formula is C13H14N2. The van der Waals surface area contributed by atoms with Crippen molar-refractivity contribution in [2.24, 2.45) is 0 Å². The van der Waals surface area contributed by atoms with Gasteiger partial charge in [0.1, 0.15) is 0 Å². The Bertz CT molecular complexity index is 446. The minimum atomic E-state index is 1.02. The average molecular weight is 198 g/mol. The highest BCUT2D eigenvalue weighted by Gasteiger charge is 2.01. The summed E-state index contributed by atoms with van der Waals surface area (Å²) < 4.78 is 0. The number of rotatable bonds is 2. The van der Waals surface area contributed by atoms with Crippen LogP contribution in [0.1, 0.15) is 5.56 Å². The average Bonchev–Trinajstić information content (AvgIpc) is 2.30. The zero-order valence-corrected chi connectivity index (χ0v) is 8.99. The summed E-state index contributed by atoms with van der Waals surface area (Å²) in [6, 6.07) is 12.3. The van der Waals surface area contributed by atoms with E-state index in [4.69, 9.17) is 0 Å². The van der Waals surface area contributed by atoms with Crippen LogP contribution in [-0.2, 0) is 0 Å². The predicted molar refractivity (Wildman–Crippen MR) is 64.0 cm³/mol. The van der Waals surface area contributed by atoms with Crippen molar-refractivity contribution in [1.29, 1.82) is 0 Å². The normalized spacial score (nSPS) is 10.0. The summed E-state index contributed by atoms with van der Waals surface area (Å²) in [6.07, 6.45) is 1.85. The summed E-state index contributed by atoms with van der Waals surface area (Å²) in [5.74, 6) is 0. The molecule has 0 bridgehead atoms. The van der Waals surface area contributed by atoms with Gasteiger partial charge >= 0.3 is 0 Å². The second kappa shape index (κ2) is 4.13. The zero-order chi connectivity index (χ0) is 10.7. The molecule has 0 saturated heterocycles. The van der Waals surface area contributed by atoms with Gasteiger partial charge in [0, 0.05) is 12.6 Å². The topological polar surface area (TPSA) is 24.9 Å². The van der Waals surface area contributed by atoms with Gasteiger partial charge in [-0.3, -0.25) is 4.98 Å². The Labute approximate surface area is 90.0 Å². The number of pyridine rings is 1. The van der Waals surface area contributed by atoms with Crippen molar-refractivity contribution in [2.75, 3.05) is 12.4 Å². The molecule has 0 aliphatic rings. The highest BCUT2D eigenvalue weighted by molar-refractivity contribution is 5.64. The standard InChI is InChI=1S/C13H14N2/c1-10-5-3-4-6-12(10)13-8-7-11(14-2)9-15-13/h3-9,14H,1-2H3. The van der Waals surface area contributed by atoms with Crippen molar-refractivity contribution >= 4 is 5.69 Å². The van der Waals surface area contributed by atoms with E-state index in [1.165, 1.54) is 11.1 Å². The van der Waals surface area contributed by atoms with Crippen molar-refractivity contribution in [3.8, 4) is 11.3 Å². The maximum Gasteiger partial charge on any atom is 0.0706 e. The van der Waals surface area contributed by atoms with E-state index in [-0.39, 0.29) is 0 Å². The van der Waals surface area contributed by atoms with E-state index in [1.807, 2.05) is 37.5 Å². The molecule has 0 aliphatic heterocycles. The summed E-state index contributed by atoms with van der Waals surface area (Å²) in [4.78, 5) is 4.42. The first-order chi connectivity index (χ1) is 7.31. The second-order valence-corrected chi connectivity index (χ2v) is 3.50. The largest absolute Gasteiger partial charge is 0.387 e. The molecule has 2 heteroatoms. The molecule has 0 aliphatic carbocycles. The maximum absolute atomic E-state index is 4.42. The summed E-state index contributed by atoms with van der Waals surface area (Å²) in [5.41, 5.74) is 4.50. The molecule has 2 aromatic rings. The lowest BCUT2D eigenvalue weighted by Crippen LogP contribution is -1.91. The minimum Gasteiger partial charge on any atom is -0.387 e. The molecule has 2 nitrogen and oxygen atoms in total. The second-order valence-electron chi connectivity index (χ2n) is 3.50. The summed E-state index contributed by atoms with van der Waals surface area (Å²) in [5, 5.41) is 3.06. The van der Waals surface area contributed by atoms with E-state index in [0.717, 1.165) is 11.4 Å². The Kier molecular flexibility index (Phi) is 2.68. The van der Waals surface area contributed by atoms with Gasteiger partial charge in [-0.2, -0.15) is 0 Å². The van der Waals surface area contributed by atoms with E-state index >= 15 is 0 Å². The van der Waals surface area contributed by atoms with Gasteiger partial charge in [0.25, 0.3) is 0 Å². The van der Waals surface area contributed by atoms with Gasteiger partial charge in [-0.1, -0.05) is 24.3 Å². The van der Waals surface area contributed by atoms with E-state index in [0.29, 0.717) is 0 Å². The van der Waals surface area contributed by atoms with E-state index in [2.05, 4.69) is 29.4 Å². The number of benzene rings is 1. The van der Waals surface area contributed by atoms with Crippen molar-refractivity contribution in [1.82, 2.24) is 4.98 Å². The number of anilines is 1. The molecule has 0 saturated carbocycles. The summed E-state index contributed by atoms with van der Waals surface area (Å²) >= 11 is 0. The molecule has 0 unspecified atom stereocenters. The van der Waals surface area contributed by atoms with E-state index in [9.17, 15) is 0 Å². The molecule has 0 amide bonds.